The highest BCUT2D eigenvalue weighted by molar-refractivity contribution is 7.98. The molecule has 172 valence electrons. The fourth-order valence-corrected chi connectivity index (χ4v) is 5.79. The van der Waals surface area contributed by atoms with Crippen LogP contribution < -0.4 is 16.5 Å². The molecule has 1 amide bonds. The number of carbonyl (C=O) groups excluding carboxylic acids is 1. The second-order valence-electron chi connectivity index (χ2n) is 7.94. The van der Waals surface area contributed by atoms with Gasteiger partial charge in [-0.3, -0.25) is 14.2 Å². The number of rotatable bonds is 7. The van der Waals surface area contributed by atoms with E-state index >= 15 is 0 Å². The predicted molar refractivity (Wildman–Crippen MR) is 135 cm³/mol. The Balaban J connectivity index is 1.74. The summed E-state index contributed by atoms with van der Waals surface area (Å²) in [4.78, 5) is 43.5. The quantitative estimate of drug-likeness (QED) is 0.220. The number of hydrogen-bond acceptors (Lipinski definition) is 7. The van der Waals surface area contributed by atoms with Crippen LogP contribution in [0.4, 0.5) is 5.69 Å². The van der Waals surface area contributed by atoms with Crippen molar-refractivity contribution in [3.05, 3.63) is 61.0 Å². The minimum atomic E-state index is -0.464. The minimum Gasteiger partial charge on any atom is -0.423 e. The first-order valence-electron chi connectivity index (χ1n) is 10.8. The second kappa shape index (κ2) is 9.52. The molecule has 9 heteroatoms. The van der Waals surface area contributed by atoms with Gasteiger partial charge in [0.1, 0.15) is 10.4 Å². The molecule has 0 aliphatic heterocycles. The molecule has 0 aliphatic rings. The number of amides is 1. The van der Waals surface area contributed by atoms with E-state index in [1.165, 1.54) is 36.1 Å². The number of aromatic nitrogens is 2. The van der Waals surface area contributed by atoms with Crippen molar-refractivity contribution >= 4 is 55.9 Å². The maximum atomic E-state index is 13.3. The Bertz CT molecular complexity index is 1480. The van der Waals surface area contributed by atoms with Crippen LogP contribution in [0.25, 0.3) is 21.2 Å². The van der Waals surface area contributed by atoms with Gasteiger partial charge in [-0.05, 0) is 43.5 Å². The summed E-state index contributed by atoms with van der Waals surface area (Å²) in [6.07, 6.45) is 1.85. The van der Waals surface area contributed by atoms with Gasteiger partial charge in [-0.1, -0.05) is 25.1 Å². The van der Waals surface area contributed by atoms with E-state index in [1.54, 1.807) is 16.7 Å². The summed E-state index contributed by atoms with van der Waals surface area (Å²) in [5.74, 6) is 0.253. The summed E-state index contributed by atoms with van der Waals surface area (Å²) < 4.78 is 7.12. The summed E-state index contributed by atoms with van der Waals surface area (Å²) in [5, 5.41) is 4.83. The van der Waals surface area contributed by atoms with Crippen molar-refractivity contribution < 1.29 is 9.21 Å². The van der Waals surface area contributed by atoms with E-state index in [2.05, 4.69) is 12.2 Å². The van der Waals surface area contributed by atoms with Gasteiger partial charge in [0.05, 0.1) is 5.39 Å². The average Bonchev–Trinajstić information content (AvgIpc) is 3.04. The van der Waals surface area contributed by atoms with Crippen LogP contribution in [0.2, 0.25) is 0 Å². The molecule has 3 heterocycles. The second-order valence-corrected chi connectivity index (χ2v) is 10.1. The van der Waals surface area contributed by atoms with Crippen molar-refractivity contribution in [2.75, 3.05) is 5.32 Å². The molecule has 33 heavy (non-hydrogen) atoms. The van der Waals surface area contributed by atoms with Crippen molar-refractivity contribution in [2.24, 2.45) is 0 Å². The maximum Gasteiger partial charge on any atom is 0.336 e. The van der Waals surface area contributed by atoms with Crippen LogP contribution >= 0.6 is 23.1 Å². The van der Waals surface area contributed by atoms with Crippen molar-refractivity contribution in [1.82, 2.24) is 9.55 Å². The molecule has 0 unspecified atom stereocenters. The van der Waals surface area contributed by atoms with E-state index in [0.717, 1.165) is 39.1 Å². The lowest BCUT2D eigenvalue weighted by molar-refractivity contribution is -0.114. The third kappa shape index (κ3) is 4.74. The van der Waals surface area contributed by atoms with Gasteiger partial charge in [-0.2, -0.15) is 0 Å². The first kappa shape index (κ1) is 23.3. The SMILES string of the molecule is CCCCn1c(SCc2cc(=O)oc3cc(NC(C)=O)ccc23)nc2sc(C)c(C)c2c1=O. The van der Waals surface area contributed by atoms with Crippen molar-refractivity contribution in [3.63, 3.8) is 0 Å². The van der Waals surface area contributed by atoms with Gasteiger partial charge in [0.25, 0.3) is 5.56 Å². The molecule has 1 N–H and O–H groups in total. The number of benzene rings is 1. The summed E-state index contributed by atoms with van der Waals surface area (Å²) in [7, 11) is 0. The number of hydrogen-bond donors (Lipinski definition) is 1. The number of anilines is 1. The molecule has 0 atom stereocenters. The number of aryl methyl sites for hydroxylation is 2. The third-order valence-electron chi connectivity index (χ3n) is 5.50. The van der Waals surface area contributed by atoms with Gasteiger partial charge >= 0.3 is 5.63 Å². The molecular formula is C24H25N3O4S2. The van der Waals surface area contributed by atoms with Crippen LogP contribution in [0, 0.1) is 13.8 Å². The number of fused-ring (bicyclic) bond motifs is 2. The smallest absolute Gasteiger partial charge is 0.336 e. The molecule has 0 saturated heterocycles. The normalized spacial score (nSPS) is 11.4. The predicted octanol–water partition coefficient (Wildman–Crippen LogP) is 5.23. The van der Waals surface area contributed by atoms with Crippen molar-refractivity contribution in [1.29, 1.82) is 0 Å². The monoisotopic (exact) mass is 483 g/mol. The Labute approximate surface area is 198 Å². The minimum absolute atomic E-state index is 0.00446. The topological polar surface area (TPSA) is 94.2 Å². The largest absolute Gasteiger partial charge is 0.423 e. The van der Waals surface area contributed by atoms with Crippen LogP contribution in [0.1, 0.15) is 42.7 Å². The number of nitrogens with zero attached hydrogens (tertiary/aromatic N) is 2. The highest BCUT2D eigenvalue weighted by atomic mass is 32.2. The zero-order valence-corrected chi connectivity index (χ0v) is 20.6. The summed E-state index contributed by atoms with van der Waals surface area (Å²) in [5.41, 5.74) is 2.28. The van der Waals surface area contributed by atoms with E-state index in [1.807, 2.05) is 19.9 Å². The van der Waals surface area contributed by atoms with Gasteiger partial charge in [-0.25, -0.2) is 9.78 Å². The first-order valence-corrected chi connectivity index (χ1v) is 12.6. The van der Waals surface area contributed by atoms with Crippen LogP contribution in [-0.2, 0) is 17.1 Å². The molecule has 3 aromatic heterocycles. The van der Waals surface area contributed by atoms with E-state index in [-0.39, 0.29) is 11.5 Å². The van der Waals surface area contributed by atoms with E-state index < -0.39 is 5.63 Å². The first-order chi connectivity index (χ1) is 15.8. The third-order valence-corrected chi connectivity index (χ3v) is 7.62. The number of thioether (sulfide) groups is 1. The van der Waals surface area contributed by atoms with Gasteiger partial charge in [0, 0.05) is 47.3 Å². The molecule has 0 spiro atoms. The summed E-state index contributed by atoms with van der Waals surface area (Å²) in [6.45, 7) is 8.10. The molecule has 4 aromatic rings. The number of thiophene rings is 1. The molecule has 1 aromatic carbocycles. The molecule has 4 rings (SSSR count). The Hall–Kier alpha value is -2.91. The van der Waals surface area contributed by atoms with Gasteiger partial charge < -0.3 is 9.73 Å². The van der Waals surface area contributed by atoms with Crippen LogP contribution in [0.5, 0.6) is 0 Å². The molecule has 0 saturated carbocycles. The van der Waals surface area contributed by atoms with E-state index in [4.69, 9.17) is 9.40 Å². The summed E-state index contributed by atoms with van der Waals surface area (Å²) in [6, 6.07) is 6.72. The molecular weight excluding hydrogens is 458 g/mol. The maximum absolute atomic E-state index is 13.3. The summed E-state index contributed by atoms with van der Waals surface area (Å²) >= 11 is 2.98. The van der Waals surface area contributed by atoms with E-state index in [0.29, 0.717) is 34.1 Å². The standard InChI is InChI=1S/C24H25N3O4S2/c1-5-6-9-27-23(30)21-13(2)14(3)33-22(21)26-24(27)32-12-16-10-20(29)31-19-11-17(25-15(4)28)7-8-18(16)19/h7-8,10-11H,5-6,9,12H2,1-4H3,(H,25,28). The molecule has 0 radical (unpaired) electrons. The zero-order valence-electron chi connectivity index (χ0n) is 19.0. The van der Waals surface area contributed by atoms with Gasteiger partial charge in [-0.15, -0.1) is 11.3 Å². The Morgan fingerprint density at radius 1 is 1.24 bits per heavy atom. The Morgan fingerprint density at radius 3 is 2.76 bits per heavy atom. The Morgan fingerprint density at radius 2 is 2.03 bits per heavy atom. The molecule has 0 aliphatic carbocycles. The lowest BCUT2D eigenvalue weighted by Crippen LogP contribution is -2.23. The van der Waals surface area contributed by atoms with Crippen LogP contribution in [-0.4, -0.2) is 15.5 Å². The van der Waals surface area contributed by atoms with Crippen LogP contribution in [0.15, 0.2) is 43.4 Å². The average molecular weight is 484 g/mol. The lowest BCUT2D eigenvalue weighted by atomic mass is 10.1. The molecule has 7 nitrogen and oxygen atoms in total. The van der Waals surface area contributed by atoms with E-state index in [9.17, 15) is 14.4 Å². The zero-order chi connectivity index (χ0) is 23.7. The number of unbranched alkanes of at least 4 members (excludes halogenated alkanes) is 1. The number of nitrogens with one attached hydrogen (secondary N) is 1. The molecule has 0 fully saturated rings. The highest BCUT2D eigenvalue weighted by Gasteiger charge is 2.17. The molecule has 0 bridgehead atoms. The lowest BCUT2D eigenvalue weighted by Gasteiger charge is -2.12. The Kier molecular flexibility index (Phi) is 6.71. The van der Waals surface area contributed by atoms with Gasteiger partial charge in [0.2, 0.25) is 5.91 Å². The van der Waals surface area contributed by atoms with Crippen molar-refractivity contribution in [3.8, 4) is 0 Å². The fraction of sp³-hybridized carbons (Fsp3) is 0.333. The van der Waals surface area contributed by atoms with Crippen molar-refractivity contribution in [2.45, 2.75) is 58.0 Å². The fourth-order valence-electron chi connectivity index (χ4n) is 3.70. The van der Waals surface area contributed by atoms with Crippen LogP contribution in [0.3, 0.4) is 0 Å². The van der Waals surface area contributed by atoms with Gasteiger partial charge in [0.15, 0.2) is 5.16 Å². The number of carbonyl (C=O) groups is 1. The highest BCUT2D eigenvalue weighted by Crippen LogP contribution is 2.31.